The van der Waals surface area contributed by atoms with Crippen LogP contribution in [-0.4, -0.2) is 42.7 Å². The molecule has 1 N–H and O–H groups in total. The van der Waals surface area contributed by atoms with E-state index in [0.29, 0.717) is 18.3 Å². The van der Waals surface area contributed by atoms with Crippen LogP contribution in [0.4, 0.5) is 4.39 Å². The van der Waals surface area contributed by atoms with Gasteiger partial charge in [0.25, 0.3) is 0 Å². The number of halogens is 1. The van der Waals surface area contributed by atoms with E-state index in [1.165, 1.54) is 0 Å². The summed E-state index contributed by atoms with van der Waals surface area (Å²) in [5, 5.41) is 2.98. The lowest BCUT2D eigenvalue weighted by Crippen LogP contribution is -2.56. The smallest absolute Gasteiger partial charge is 0.226 e. The monoisotopic (exact) mass is 354 g/mol. The van der Waals surface area contributed by atoms with Crippen molar-refractivity contribution in [2.45, 2.75) is 85.7 Å². The lowest BCUT2D eigenvalue weighted by molar-refractivity contribution is -0.146. The molecule has 0 radical (unpaired) electrons. The molecule has 3 nitrogen and oxygen atoms in total. The Morgan fingerprint density at radius 3 is 2.00 bits per heavy atom. The Balaban J connectivity index is 1.81. The number of piperidine rings is 1. The van der Waals surface area contributed by atoms with E-state index in [1.807, 2.05) is 0 Å². The van der Waals surface area contributed by atoms with E-state index < -0.39 is 5.67 Å². The molecular formula is C21H39FN2O. The number of amides is 1. The highest BCUT2D eigenvalue weighted by molar-refractivity contribution is 5.84. The van der Waals surface area contributed by atoms with Crippen molar-refractivity contribution in [2.75, 3.05) is 26.2 Å². The second-order valence-corrected chi connectivity index (χ2v) is 10.7. The minimum absolute atomic E-state index is 0.0604. The van der Waals surface area contributed by atoms with E-state index in [4.69, 9.17) is 0 Å². The Morgan fingerprint density at radius 1 is 1.04 bits per heavy atom. The molecule has 0 spiro atoms. The molecule has 1 heterocycles. The van der Waals surface area contributed by atoms with Crippen molar-refractivity contribution in [3.05, 3.63) is 0 Å². The molecule has 1 aliphatic carbocycles. The number of nitrogens with one attached hydrogen (secondary N) is 1. The quantitative estimate of drug-likeness (QED) is 0.785. The van der Waals surface area contributed by atoms with E-state index in [1.54, 1.807) is 0 Å². The molecule has 1 saturated heterocycles. The summed E-state index contributed by atoms with van der Waals surface area (Å²) >= 11 is 0. The Bertz CT molecular complexity index is 463. The maximum atomic E-state index is 15.1. The third-order valence-corrected chi connectivity index (χ3v) is 6.57. The van der Waals surface area contributed by atoms with Gasteiger partial charge >= 0.3 is 0 Å². The molecule has 1 saturated carbocycles. The standard InChI is InChI=1S/C21H39FN2O/c1-18(2,3)10-13-24-14-11-20(22,12-15-24)16-23-17(25)21(8-7-9-21)19(4,5)6/h7-16H2,1-6H3,(H,23,25). The summed E-state index contributed by atoms with van der Waals surface area (Å²) in [7, 11) is 0. The molecule has 0 aromatic rings. The van der Waals surface area contributed by atoms with Gasteiger partial charge in [-0.15, -0.1) is 0 Å². The minimum atomic E-state index is -1.24. The number of rotatable bonds is 5. The zero-order valence-corrected chi connectivity index (χ0v) is 17.3. The van der Waals surface area contributed by atoms with Gasteiger partial charge in [0.15, 0.2) is 0 Å². The van der Waals surface area contributed by atoms with Crippen LogP contribution >= 0.6 is 0 Å². The molecule has 1 amide bonds. The number of alkyl halides is 1. The Kier molecular flexibility index (Phi) is 5.93. The molecule has 4 heteroatoms. The fraction of sp³-hybridized carbons (Fsp3) is 0.952. The average molecular weight is 355 g/mol. The zero-order chi connectivity index (χ0) is 18.9. The van der Waals surface area contributed by atoms with Crippen molar-refractivity contribution in [1.29, 1.82) is 0 Å². The number of nitrogens with zero attached hydrogens (tertiary/aromatic N) is 1. The first-order chi connectivity index (χ1) is 11.4. The zero-order valence-electron chi connectivity index (χ0n) is 17.3. The highest BCUT2D eigenvalue weighted by atomic mass is 19.1. The predicted octanol–water partition coefficient (Wildman–Crippen LogP) is 4.56. The average Bonchev–Trinajstić information content (AvgIpc) is 2.41. The summed E-state index contributed by atoms with van der Waals surface area (Å²) in [5.41, 5.74) is -1.27. The van der Waals surface area contributed by atoms with Gasteiger partial charge in [0.05, 0.1) is 12.0 Å². The summed E-state index contributed by atoms with van der Waals surface area (Å²) in [6.07, 6.45) is 5.16. The van der Waals surface area contributed by atoms with Gasteiger partial charge in [-0.2, -0.15) is 0 Å². The van der Waals surface area contributed by atoms with Crippen LogP contribution in [0.5, 0.6) is 0 Å². The lowest BCUT2D eigenvalue weighted by atomic mass is 9.54. The molecule has 146 valence electrons. The van der Waals surface area contributed by atoms with Gasteiger partial charge in [-0.05, 0) is 49.5 Å². The molecule has 1 aliphatic heterocycles. The van der Waals surface area contributed by atoms with Crippen LogP contribution in [0.3, 0.4) is 0 Å². The molecule has 0 unspecified atom stereocenters. The Morgan fingerprint density at radius 2 is 1.60 bits per heavy atom. The molecule has 0 aromatic heterocycles. The first-order valence-electron chi connectivity index (χ1n) is 10.1. The van der Waals surface area contributed by atoms with Gasteiger partial charge in [0.2, 0.25) is 5.91 Å². The summed E-state index contributed by atoms with van der Waals surface area (Å²) in [6.45, 7) is 15.9. The number of hydrogen-bond donors (Lipinski definition) is 1. The minimum Gasteiger partial charge on any atom is -0.352 e. The maximum absolute atomic E-state index is 15.1. The van der Waals surface area contributed by atoms with Crippen LogP contribution in [0, 0.1) is 16.2 Å². The molecule has 0 bridgehead atoms. The number of carbonyl (C=O) groups is 1. The van der Waals surface area contributed by atoms with Crippen molar-refractivity contribution in [2.24, 2.45) is 16.2 Å². The van der Waals surface area contributed by atoms with Crippen LogP contribution in [0.25, 0.3) is 0 Å². The molecule has 2 aliphatic rings. The first-order valence-corrected chi connectivity index (χ1v) is 10.1. The Labute approximate surface area is 154 Å². The Hall–Kier alpha value is -0.640. The van der Waals surface area contributed by atoms with E-state index in [9.17, 15) is 4.79 Å². The predicted molar refractivity (Wildman–Crippen MR) is 102 cm³/mol. The number of carbonyl (C=O) groups excluding carboxylic acids is 1. The van der Waals surface area contributed by atoms with Crippen LogP contribution in [0.1, 0.15) is 80.1 Å². The van der Waals surface area contributed by atoms with E-state index >= 15 is 4.39 Å². The third kappa shape index (κ3) is 4.96. The van der Waals surface area contributed by atoms with Gasteiger partial charge in [-0.1, -0.05) is 48.0 Å². The van der Waals surface area contributed by atoms with Gasteiger partial charge in [-0.3, -0.25) is 4.79 Å². The normalized spacial score (nSPS) is 23.8. The second kappa shape index (κ2) is 7.17. The summed E-state index contributed by atoms with van der Waals surface area (Å²) in [4.78, 5) is 15.1. The lowest BCUT2D eigenvalue weighted by Gasteiger charge is -2.50. The molecule has 25 heavy (non-hydrogen) atoms. The summed E-state index contributed by atoms with van der Waals surface area (Å²) < 4.78 is 15.1. The van der Waals surface area contributed by atoms with Gasteiger partial charge < -0.3 is 10.2 Å². The van der Waals surface area contributed by atoms with Crippen LogP contribution in [0.2, 0.25) is 0 Å². The molecular weight excluding hydrogens is 315 g/mol. The van der Waals surface area contributed by atoms with Gasteiger partial charge in [0.1, 0.15) is 5.67 Å². The van der Waals surface area contributed by atoms with Crippen molar-refractivity contribution < 1.29 is 9.18 Å². The van der Waals surface area contributed by atoms with Crippen LogP contribution in [0.15, 0.2) is 0 Å². The fourth-order valence-electron chi connectivity index (χ4n) is 4.10. The van der Waals surface area contributed by atoms with Gasteiger partial charge in [-0.25, -0.2) is 4.39 Å². The number of likely N-dealkylation sites (tertiary alicyclic amines) is 1. The van der Waals surface area contributed by atoms with Crippen LogP contribution in [-0.2, 0) is 4.79 Å². The topological polar surface area (TPSA) is 32.3 Å². The van der Waals surface area contributed by atoms with Crippen molar-refractivity contribution in [3.63, 3.8) is 0 Å². The molecule has 0 aromatic carbocycles. The second-order valence-electron chi connectivity index (χ2n) is 10.7. The molecule has 2 fully saturated rings. The molecule has 0 atom stereocenters. The molecule has 2 rings (SSSR count). The highest BCUT2D eigenvalue weighted by Crippen LogP contribution is 2.53. The number of hydrogen-bond acceptors (Lipinski definition) is 2. The van der Waals surface area contributed by atoms with Crippen molar-refractivity contribution in [3.8, 4) is 0 Å². The summed E-state index contributed by atoms with van der Waals surface area (Å²) in [6, 6.07) is 0. The van der Waals surface area contributed by atoms with E-state index in [-0.39, 0.29) is 23.3 Å². The first kappa shape index (κ1) is 20.7. The SMILES string of the molecule is CC(C)(C)CCN1CCC(F)(CNC(=O)C2(C(C)(C)C)CCC2)CC1. The summed E-state index contributed by atoms with van der Waals surface area (Å²) in [5.74, 6) is 0.0680. The van der Waals surface area contributed by atoms with Gasteiger partial charge in [0, 0.05) is 13.1 Å². The van der Waals surface area contributed by atoms with E-state index in [2.05, 4.69) is 51.8 Å². The third-order valence-electron chi connectivity index (χ3n) is 6.57. The van der Waals surface area contributed by atoms with Crippen LogP contribution < -0.4 is 5.32 Å². The largest absolute Gasteiger partial charge is 0.352 e. The van der Waals surface area contributed by atoms with Crippen molar-refractivity contribution >= 4 is 5.91 Å². The van der Waals surface area contributed by atoms with E-state index in [0.717, 1.165) is 45.3 Å². The van der Waals surface area contributed by atoms with Crippen molar-refractivity contribution in [1.82, 2.24) is 10.2 Å². The highest BCUT2D eigenvalue weighted by Gasteiger charge is 2.52. The fourth-order valence-corrected chi connectivity index (χ4v) is 4.10. The maximum Gasteiger partial charge on any atom is 0.226 e.